The topological polar surface area (TPSA) is 56.7 Å². The van der Waals surface area contributed by atoms with Crippen molar-refractivity contribution in [2.75, 3.05) is 33.3 Å². The minimum Gasteiger partial charge on any atom is -0.395 e. The fourth-order valence-electron chi connectivity index (χ4n) is 4.68. The molecule has 5 heteroatoms. The Bertz CT molecular complexity index is 1050. The van der Waals surface area contributed by atoms with Crippen LogP contribution in [-0.2, 0) is 0 Å². The number of hydrogen-bond acceptors (Lipinski definition) is 4. The Morgan fingerprint density at radius 1 is 1.09 bits per heavy atom. The van der Waals surface area contributed by atoms with E-state index in [0.29, 0.717) is 11.5 Å². The molecule has 0 radical (unpaired) electrons. The van der Waals surface area contributed by atoms with E-state index in [4.69, 9.17) is 0 Å². The van der Waals surface area contributed by atoms with Crippen LogP contribution >= 0.6 is 0 Å². The van der Waals surface area contributed by atoms with E-state index in [-0.39, 0.29) is 18.6 Å². The smallest absolute Gasteiger partial charge is 0.255 e. The summed E-state index contributed by atoms with van der Waals surface area (Å²) in [6.45, 7) is 4.92. The number of aromatic nitrogens is 1. The molecule has 0 bridgehead atoms. The first-order valence-corrected chi connectivity index (χ1v) is 11.7. The van der Waals surface area contributed by atoms with Crippen LogP contribution in [0.25, 0.3) is 11.1 Å². The normalized spacial score (nSPS) is 18.0. The zero-order chi connectivity index (χ0) is 23.2. The second kappa shape index (κ2) is 10.7. The molecule has 1 aromatic heterocycles. The van der Waals surface area contributed by atoms with E-state index in [1.54, 1.807) is 29.4 Å². The number of unbranched alkanes of at least 4 members (excludes halogenated alkanes) is 1. The number of carbonyl (C=O) groups is 1. The standard InChI is InChI=1S/C28H33N3O2/c1-21-7-5-8-24(17-21)22-10-12-23(13-11-22)26-19-31(27(26)20-32)16-4-3-15-30(2)28(33)25-9-6-14-29-18-25/h5-14,17-18,26-27,32H,3-4,15-16,19-20H2,1-2H3/t26-,27+/m0/s1. The Morgan fingerprint density at radius 3 is 2.61 bits per heavy atom. The van der Waals surface area contributed by atoms with Crippen molar-refractivity contribution in [3.05, 3.63) is 89.7 Å². The van der Waals surface area contributed by atoms with Crippen molar-refractivity contribution in [3.63, 3.8) is 0 Å². The summed E-state index contributed by atoms with van der Waals surface area (Å²) < 4.78 is 0. The molecule has 1 aliphatic rings. The zero-order valence-corrected chi connectivity index (χ0v) is 19.5. The lowest BCUT2D eigenvalue weighted by Crippen LogP contribution is -2.56. The second-order valence-electron chi connectivity index (χ2n) is 9.02. The van der Waals surface area contributed by atoms with E-state index < -0.39 is 0 Å². The van der Waals surface area contributed by atoms with Crippen molar-refractivity contribution < 1.29 is 9.90 Å². The van der Waals surface area contributed by atoms with E-state index in [9.17, 15) is 9.90 Å². The third-order valence-electron chi connectivity index (χ3n) is 6.69. The van der Waals surface area contributed by atoms with Gasteiger partial charge in [0.25, 0.3) is 5.91 Å². The zero-order valence-electron chi connectivity index (χ0n) is 19.5. The van der Waals surface area contributed by atoms with Crippen LogP contribution in [0.3, 0.4) is 0 Å². The van der Waals surface area contributed by atoms with Gasteiger partial charge >= 0.3 is 0 Å². The molecule has 0 unspecified atom stereocenters. The maximum absolute atomic E-state index is 12.4. The molecule has 2 aromatic carbocycles. The predicted molar refractivity (Wildman–Crippen MR) is 132 cm³/mol. The minimum atomic E-state index is 0.00876. The highest BCUT2D eigenvalue weighted by atomic mass is 16.3. The van der Waals surface area contributed by atoms with Gasteiger partial charge in [0, 0.05) is 44.5 Å². The maximum atomic E-state index is 12.4. The van der Waals surface area contributed by atoms with Gasteiger partial charge in [0.05, 0.1) is 12.2 Å². The summed E-state index contributed by atoms with van der Waals surface area (Å²) in [7, 11) is 1.84. The van der Waals surface area contributed by atoms with Crippen LogP contribution in [0.4, 0.5) is 0 Å². The molecular weight excluding hydrogens is 410 g/mol. The molecule has 1 N–H and O–H groups in total. The molecule has 0 aliphatic carbocycles. The first-order valence-electron chi connectivity index (χ1n) is 11.7. The van der Waals surface area contributed by atoms with Crippen LogP contribution in [0.15, 0.2) is 73.1 Å². The van der Waals surface area contributed by atoms with Crippen LogP contribution in [-0.4, -0.2) is 65.1 Å². The Balaban J connectivity index is 1.24. The van der Waals surface area contributed by atoms with Gasteiger partial charge in [0.15, 0.2) is 0 Å². The number of nitrogens with zero attached hydrogens (tertiary/aromatic N) is 3. The molecule has 5 nitrogen and oxygen atoms in total. The van der Waals surface area contributed by atoms with Gasteiger partial charge in [-0.05, 0) is 55.1 Å². The number of pyridine rings is 1. The van der Waals surface area contributed by atoms with Gasteiger partial charge in [-0.3, -0.25) is 14.7 Å². The fourth-order valence-corrected chi connectivity index (χ4v) is 4.68. The van der Waals surface area contributed by atoms with Crippen LogP contribution in [0, 0.1) is 6.92 Å². The Kier molecular flexibility index (Phi) is 7.53. The third-order valence-corrected chi connectivity index (χ3v) is 6.69. The van der Waals surface area contributed by atoms with Crippen molar-refractivity contribution in [2.45, 2.75) is 31.7 Å². The molecule has 3 aromatic rings. The van der Waals surface area contributed by atoms with Crippen molar-refractivity contribution in [3.8, 4) is 11.1 Å². The Hall–Kier alpha value is -3.02. The predicted octanol–water partition coefficient (Wildman–Crippen LogP) is 4.37. The minimum absolute atomic E-state index is 0.00876. The number of aliphatic hydroxyl groups excluding tert-OH is 1. The summed E-state index contributed by atoms with van der Waals surface area (Å²) in [5, 5.41) is 9.99. The van der Waals surface area contributed by atoms with E-state index in [1.165, 1.54) is 22.3 Å². The number of aliphatic hydroxyl groups is 1. The first-order chi connectivity index (χ1) is 16.1. The first kappa shape index (κ1) is 23.1. The molecule has 0 saturated carbocycles. The van der Waals surface area contributed by atoms with Gasteiger partial charge in [-0.1, -0.05) is 54.1 Å². The molecule has 4 rings (SSSR count). The van der Waals surface area contributed by atoms with Crippen LogP contribution in [0.1, 0.15) is 40.2 Å². The van der Waals surface area contributed by atoms with Crippen molar-refractivity contribution in [2.24, 2.45) is 0 Å². The maximum Gasteiger partial charge on any atom is 0.255 e. The highest BCUT2D eigenvalue weighted by molar-refractivity contribution is 5.93. The van der Waals surface area contributed by atoms with Crippen molar-refractivity contribution in [1.82, 2.24) is 14.8 Å². The number of rotatable bonds is 9. The molecular formula is C28H33N3O2. The lowest BCUT2D eigenvalue weighted by atomic mass is 9.82. The number of likely N-dealkylation sites (tertiary alicyclic amines) is 1. The van der Waals surface area contributed by atoms with Gasteiger partial charge in [0.2, 0.25) is 0 Å². The molecule has 2 heterocycles. The largest absolute Gasteiger partial charge is 0.395 e. The van der Waals surface area contributed by atoms with E-state index >= 15 is 0 Å². The summed E-state index contributed by atoms with van der Waals surface area (Å²) in [4.78, 5) is 20.6. The lowest BCUT2D eigenvalue weighted by molar-refractivity contribution is 0.0157. The molecule has 1 aliphatic heterocycles. The number of hydrogen-bond donors (Lipinski definition) is 1. The van der Waals surface area contributed by atoms with Crippen molar-refractivity contribution in [1.29, 1.82) is 0 Å². The molecule has 0 spiro atoms. The quantitative estimate of drug-likeness (QED) is 0.499. The van der Waals surface area contributed by atoms with E-state index in [1.807, 2.05) is 7.05 Å². The van der Waals surface area contributed by atoms with Crippen LogP contribution < -0.4 is 0 Å². The van der Waals surface area contributed by atoms with E-state index in [2.05, 4.69) is 65.3 Å². The van der Waals surface area contributed by atoms with Gasteiger partial charge < -0.3 is 10.0 Å². The summed E-state index contributed by atoms with van der Waals surface area (Å²) in [5.41, 5.74) is 5.65. The van der Waals surface area contributed by atoms with E-state index in [0.717, 1.165) is 32.5 Å². The monoisotopic (exact) mass is 443 g/mol. The highest BCUT2D eigenvalue weighted by Crippen LogP contribution is 2.35. The lowest BCUT2D eigenvalue weighted by Gasteiger charge is -2.48. The van der Waals surface area contributed by atoms with Crippen LogP contribution in [0.2, 0.25) is 0 Å². The summed E-state index contributed by atoms with van der Waals surface area (Å²) in [6, 6.07) is 21.1. The number of carbonyl (C=O) groups excluding carboxylic acids is 1. The summed E-state index contributed by atoms with van der Waals surface area (Å²) in [5.74, 6) is 0.380. The van der Waals surface area contributed by atoms with Crippen LogP contribution in [0.5, 0.6) is 0 Å². The fraction of sp³-hybridized carbons (Fsp3) is 0.357. The van der Waals surface area contributed by atoms with Gasteiger partial charge in [-0.25, -0.2) is 0 Å². The Morgan fingerprint density at radius 2 is 1.91 bits per heavy atom. The average Bonchev–Trinajstić information content (AvgIpc) is 2.83. The van der Waals surface area contributed by atoms with Gasteiger partial charge in [-0.2, -0.15) is 0 Å². The van der Waals surface area contributed by atoms with Gasteiger partial charge in [0.1, 0.15) is 0 Å². The van der Waals surface area contributed by atoms with Gasteiger partial charge in [-0.15, -0.1) is 0 Å². The van der Waals surface area contributed by atoms with Crippen molar-refractivity contribution >= 4 is 5.91 Å². The average molecular weight is 444 g/mol. The summed E-state index contributed by atoms with van der Waals surface area (Å²) in [6.07, 6.45) is 5.22. The molecule has 33 heavy (non-hydrogen) atoms. The highest BCUT2D eigenvalue weighted by Gasteiger charge is 2.38. The molecule has 2 atom stereocenters. The second-order valence-corrected chi connectivity index (χ2v) is 9.02. The number of amides is 1. The molecule has 1 saturated heterocycles. The third kappa shape index (κ3) is 5.49. The summed E-state index contributed by atoms with van der Waals surface area (Å²) >= 11 is 0. The molecule has 1 amide bonds. The molecule has 172 valence electrons. The number of benzene rings is 2. The number of aryl methyl sites for hydroxylation is 1. The molecule has 1 fully saturated rings. The Labute approximate surface area is 196 Å². The SMILES string of the molecule is Cc1cccc(-c2ccc([C@@H]3CN(CCCCN(C)C(=O)c4cccnc4)[C@@H]3CO)cc2)c1.